The number of methoxy groups -OCH3 is 1. The maximum Gasteiger partial charge on any atom is 0.337 e. The van der Waals surface area contributed by atoms with Gasteiger partial charge in [-0.2, -0.15) is 4.99 Å². The molecular formula is C20H20N2O3S2. The van der Waals surface area contributed by atoms with Crippen LogP contribution in [0.15, 0.2) is 52.4 Å². The van der Waals surface area contributed by atoms with Crippen LogP contribution in [0.5, 0.6) is 0 Å². The van der Waals surface area contributed by atoms with Gasteiger partial charge in [-0.1, -0.05) is 30.4 Å². The van der Waals surface area contributed by atoms with Crippen LogP contribution in [0.3, 0.4) is 0 Å². The molecule has 0 spiro atoms. The zero-order valence-corrected chi connectivity index (χ0v) is 17.0. The van der Waals surface area contributed by atoms with E-state index < -0.39 is 0 Å². The number of carbonyl (C=O) groups is 2. The lowest BCUT2D eigenvalue weighted by molar-refractivity contribution is 0.0601. The predicted octanol–water partition coefficient (Wildman–Crippen LogP) is 4.36. The summed E-state index contributed by atoms with van der Waals surface area (Å²) in [6, 6.07) is 12.9. The number of rotatable bonds is 5. The number of carbonyl (C=O) groups excluding carboxylic acids is 2. The highest BCUT2D eigenvalue weighted by Gasteiger charge is 2.13. The van der Waals surface area contributed by atoms with Gasteiger partial charge in [0.2, 0.25) is 0 Å². The summed E-state index contributed by atoms with van der Waals surface area (Å²) >= 11 is 3.02. The summed E-state index contributed by atoms with van der Waals surface area (Å²) in [5.74, 6) is 0.250. The topological polar surface area (TPSA) is 60.7 Å². The summed E-state index contributed by atoms with van der Waals surface area (Å²) in [5.41, 5.74) is 2.04. The van der Waals surface area contributed by atoms with Crippen molar-refractivity contribution >= 4 is 45.2 Å². The molecule has 0 bridgehead atoms. The van der Waals surface area contributed by atoms with Crippen molar-refractivity contribution in [2.75, 3.05) is 12.9 Å². The molecule has 1 aromatic heterocycles. The van der Waals surface area contributed by atoms with E-state index in [9.17, 15) is 9.59 Å². The molecule has 0 aliphatic carbocycles. The van der Waals surface area contributed by atoms with Crippen LogP contribution in [-0.4, -0.2) is 29.3 Å². The fraction of sp³-hybridized carbons (Fsp3) is 0.250. The monoisotopic (exact) mass is 400 g/mol. The van der Waals surface area contributed by atoms with Crippen molar-refractivity contribution in [2.45, 2.75) is 25.3 Å². The van der Waals surface area contributed by atoms with Crippen LogP contribution in [0.25, 0.3) is 10.2 Å². The molecule has 0 N–H and O–H groups in total. The van der Waals surface area contributed by atoms with E-state index in [-0.39, 0.29) is 11.9 Å². The molecule has 0 aliphatic rings. The van der Waals surface area contributed by atoms with Crippen LogP contribution in [0.1, 0.15) is 34.6 Å². The Hall–Kier alpha value is -2.38. The first-order valence-electron chi connectivity index (χ1n) is 8.61. The second kappa shape index (κ2) is 8.54. The first-order valence-corrected chi connectivity index (χ1v) is 10.4. The molecule has 0 unspecified atom stereocenters. The van der Waals surface area contributed by atoms with Gasteiger partial charge in [0.1, 0.15) is 0 Å². The van der Waals surface area contributed by atoms with Crippen LogP contribution in [0.2, 0.25) is 0 Å². The molecule has 140 valence electrons. The third-order valence-corrected chi connectivity index (χ3v) is 6.03. The van der Waals surface area contributed by atoms with Gasteiger partial charge in [-0.05, 0) is 43.0 Å². The van der Waals surface area contributed by atoms with E-state index in [0.717, 1.165) is 20.9 Å². The van der Waals surface area contributed by atoms with Gasteiger partial charge in [0.15, 0.2) is 4.80 Å². The normalized spacial score (nSPS) is 11.7. The van der Waals surface area contributed by atoms with Gasteiger partial charge >= 0.3 is 5.97 Å². The summed E-state index contributed by atoms with van der Waals surface area (Å²) in [6.07, 6.45) is 0. The molecule has 1 heterocycles. The Morgan fingerprint density at radius 2 is 1.96 bits per heavy atom. The van der Waals surface area contributed by atoms with Gasteiger partial charge in [0.25, 0.3) is 5.91 Å². The SMILES string of the molecule is CCSc1ccccc1C(=O)N=c1sc2cc(C(=O)OC)ccc2n1CC. The molecule has 5 nitrogen and oxygen atoms in total. The maximum atomic E-state index is 12.8. The molecule has 2 aromatic carbocycles. The molecule has 0 aliphatic heterocycles. The number of nitrogens with zero attached hydrogens (tertiary/aromatic N) is 2. The van der Waals surface area contributed by atoms with E-state index in [4.69, 9.17) is 4.74 Å². The molecular weight excluding hydrogens is 380 g/mol. The number of amides is 1. The summed E-state index contributed by atoms with van der Waals surface area (Å²) in [7, 11) is 1.36. The largest absolute Gasteiger partial charge is 0.465 e. The number of hydrogen-bond donors (Lipinski definition) is 0. The van der Waals surface area contributed by atoms with E-state index in [1.807, 2.05) is 41.8 Å². The van der Waals surface area contributed by atoms with Crippen molar-refractivity contribution in [1.29, 1.82) is 0 Å². The third-order valence-electron chi connectivity index (χ3n) is 4.03. The molecule has 3 rings (SSSR count). The molecule has 1 amide bonds. The minimum atomic E-state index is -0.381. The Balaban J connectivity index is 2.10. The zero-order valence-electron chi connectivity index (χ0n) is 15.4. The van der Waals surface area contributed by atoms with Crippen LogP contribution in [-0.2, 0) is 11.3 Å². The molecule has 0 saturated heterocycles. The average Bonchev–Trinajstić information content (AvgIpc) is 3.03. The first-order chi connectivity index (χ1) is 13.1. The highest BCUT2D eigenvalue weighted by molar-refractivity contribution is 7.99. The predicted molar refractivity (Wildman–Crippen MR) is 110 cm³/mol. The molecule has 0 saturated carbocycles. The fourth-order valence-corrected chi connectivity index (χ4v) is 4.71. The Bertz CT molecular complexity index is 1070. The summed E-state index contributed by atoms with van der Waals surface area (Å²) < 4.78 is 7.66. The van der Waals surface area contributed by atoms with Crippen LogP contribution >= 0.6 is 23.1 Å². The zero-order chi connectivity index (χ0) is 19.4. The Labute approximate surface area is 165 Å². The number of esters is 1. The van der Waals surface area contributed by atoms with Gasteiger partial charge in [-0.15, -0.1) is 11.8 Å². The smallest absolute Gasteiger partial charge is 0.337 e. The Kier molecular flexibility index (Phi) is 6.13. The maximum absolute atomic E-state index is 12.8. The molecule has 0 radical (unpaired) electrons. The number of aromatic nitrogens is 1. The molecule has 3 aromatic rings. The first kappa shape index (κ1) is 19.4. The minimum Gasteiger partial charge on any atom is -0.465 e. The second-order valence-corrected chi connectivity index (χ2v) is 7.96. The van der Waals surface area contributed by atoms with Gasteiger partial charge in [0, 0.05) is 11.4 Å². The van der Waals surface area contributed by atoms with E-state index in [1.54, 1.807) is 23.9 Å². The summed E-state index contributed by atoms with van der Waals surface area (Å²) in [6.45, 7) is 4.73. The van der Waals surface area contributed by atoms with Crippen molar-refractivity contribution in [3.63, 3.8) is 0 Å². The number of hydrogen-bond acceptors (Lipinski definition) is 5. The third kappa shape index (κ3) is 3.99. The van der Waals surface area contributed by atoms with E-state index in [2.05, 4.69) is 11.9 Å². The molecule has 0 fully saturated rings. The van der Waals surface area contributed by atoms with Crippen LogP contribution in [0.4, 0.5) is 0 Å². The molecule has 0 atom stereocenters. The minimum absolute atomic E-state index is 0.256. The molecule has 7 heteroatoms. The van der Waals surface area contributed by atoms with Crippen molar-refractivity contribution in [2.24, 2.45) is 4.99 Å². The van der Waals surface area contributed by atoms with Gasteiger partial charge in [0.05, 0.1) is 28.5 Å². The number of benzene rings is 2. The number of aryl methyl sites for hydroxylation is 1. The lowest BCUT2D eigenvalue weighted by atomic mass is 10.2. The lowest BCUT2D eigenvalue weighted by Crippen LogP contribution is -2.16. The Morgan fingerprint density at radius 1 is 1.19 bits per heavy atom. The van der Waals surface area contributed by atoms with Gasteiger partial charge in [-0.3, -0.25) is 4.79 Å². The fourth-order valence-electron chi connectivity index (χ4n) is 2.78. The van der Waals surface area contributed by atoms with E-state index in [0.29, 0.717) is 22.5 Å². The van der Waals surface area contributed by atoms with Crippen molar-refractivity contribution < 1.29 is 14.3 Å². The van der Waals surface area contributed by atoms with Crippen molar-refractivity contribution in [3.05, 3.63) is 58.4 Å². The lowest BCUT2D eigenvalue weighted by Gasteiger charge is -2.04. The highest BCUT2D eigenvalue weighted by Crippen LogP contribution is 2.23. The summed E-state index contributed by atoms with van der Waals surface area (Å²) in [5, 5.41) is 0. The van der Waals surface area contributed by atoms with Crippen LogP contribution < -0.4 is 4.80 Å². The Morgan fingerprint density at radius 3 is 2.67 bits per heavy atom. The number of thiazole rings is 1. The van der Waals surface area contributed by atoms with E-state index >= 15 is 0 Å². The highest BCUT2D eigenvalue weighted by atomic mass is 32.2. The van der Waals surface area contributed by atoms with Crippen LogP contribution in [0, 0.1) is 0 Å². The quantitative estimate of drug-likeness (QED) is 0.472. The van der Waals surface area contributed by atoms with Gasteiger partial charge in [-0.25, -0.2) is 4.79 Å². The van der Waals surface area contributed by atoms with Crippen molar-refractivity contribution in [3.8, 4) is 0 Å². The van der Waals surface area contributed by atoms with Gasteiger partial charge < -0.3 is 9.30 Å². The number of fused-ring (bicyclic) bond motifs is 1. The molecule has 27 heavy (non-hydrogen) atoms. The number of ether oxygens (including phenoxy) is 1. The summed E-state index contributed by atoms with van der Waals surface area (Å²) in [4.78, 5) is 30.5. The standard InChI is InChI=1S/C20H20N2O3S2/c1-4-22-15-11-10-13(19(24)25-3)12-17(15)27-20(22)21-18(23)14-8-6-7-9-16(14)26-5-2/h6-12H,4-5H2,1-3H3. The second-order valence-electron chi connectivity index (χ2n) is 5.65. The van der Waals surface area contributed by atoms with Crippen molar-refractivity contribution in [1.82, 2.24) is 4.57 Å². The van der Waals surface area contributed by atoms with E-state index in [1.165, 1.54) is 18.4 Å². The average molecular weight is 401 g/mol. The number of thioether (sulfide) groups is 1.